The van der Waals surface area contributed by atoms with Gasteiger partial charge in [0.15, 0.2) is 6.61 Å². The van der Waals surface area contributed by atoms with E-state index in [9.17, 15) is 0 Å². The number of pyridine rings is 2. The van der Waals surface area contributed by atoms with E-state index in [1.54, 1.807) is 12.5 Å². The molecule has 4 rings (SSSR count). The van der Waals surface area contributed by atoms with Crippen LogP contribution in [0.4, 0.5) is 0 Å². The van der Waals surface area contributed by atoms with Gasteiger partial charge in [-0.1, -0.05) is 6.07 Å². The first kappa shape index (κ1) is 14.9. The van der Waals surface area contributed by atoms with Crippen LogP contribution < -0.4 is 4.74 Å². The molecule has 3 heterocycles. The molecule has 0 aliphatic heterocycles. The minimum absolute atomic E-state index is 0.284. The predicted octanol–water partition coefficient (Wildman–Crippen LogP) is 3.90. The fourth-order valence-corrected chi connectivity index (χ4v) is 3.14. The van der Waals surface area contributed by atoms with Crippen LogP contribution in [0.1, 0.15) is 35.7 Å². The average Bonchev–Trinajstić information content (AvgIpc) is 3.05. The lowest BCUT2D eigenvalue weighted by Crippen LogP contribution is -2.09. The Balaban J connectivity index is 1.67. The van der Waals surface area contributed by atoms with Gasteiger partial charge in [0.05, 0.1) is 5.69 Å². The molecule has 0 spiro atoms. The number of ether oxygens (including phenoxy) is 1. The minimum Gasteiger partial charge on any atom is -0.468 e. The zero-order valence-electron chi connectivity index (χ0n) is 13.7. The van der Waals surface area contributed by atoms with Crippen LogP contribution >= 0.6 is 0 Å². The normalized spacial score (nSPS) is 13.5. The van der Waals surface area contributed by atoms with Crippen LogP contribution in [-0.4, -0.2) is 15.0 Å². The third kappa shape index (κ3) is 3.02. The summed E-state index contributed by atoms with van der Waals surface area (Å²) in [7, 11) is 0. The number of aromatic nitrogens is 3. The Morgan fingerprint density at radius 3 is 2.92 bits per heavy atom. The van der Waals surface area contributed by atoms with Crippen molar-refractivity contribution in [3.8, 4) is 17.0 Å². The maximum absolute atomic E-state index is 5.85. The van der Waals surface area contributed by atoms with Crippen molar-refractivity contribution in [2.24, 2.45) is 0 Å². The van der Waals surface area contributed by atoms with Gasteiger partial charge in [-0.3, -0.25) is 4.98 Å². The molecule has 0 saturated heterocycles. The van der Waals surface area contributed by atoms with E-state index in [1.807, 2.05) is 25.3 Å². The molecule has 0 saturated carbocycles. The van der Waals surface area contributed by atoms with E-state index in [-0.39, 0.29) is 6.61 Å². The first-order chi connectivity index (χ1) is 11.8. The van der Waals surface area contributed by atoms with Crippen molar-refractivity contribution in [3.05, 3.63) is 59.7 Å². The summed E-state index contributed by atoms with van der Waals surface area (Å²) < 4.78 is 11.2. The summed E-state index contributed by atoms with van der Waals surface area (Å²) in [5.41, 5.74) is 5.60. The Labute approximate surface area is 140 Å². The molecule has 0 aromatic carbocycles. The summed E-state index contributed by atoms with van der Waals surface area (Å²) in [5.74, 6) is 1.18. The second-order valence-corrected chi connectivity index (χ2v) is 6.05. The lowest BCUT2D eigenvalue weighted by atomic mass is 9.90. The maximum Gasteiger partial charge on any atom is 0.232 e. The molecule has 0 radical (unpaired) electrons. The Morgan fingerprint density at radius 1 is 1.21 bits per heavy atom. The van der Waals surface area contributed by atoms with Gasteiger partial charge in [-0.2, -0.15) is 0 Å². The Kier molecular flexibility index (Phi) is 3.99. The number of nitrogens with zero attached hydrogens (tertiary/aromatic N) is 3. The summed E-state index contributed by atoms with van der Waals surface area (Å²) in [6.07, 6.45) is 9.75. The summed E-state index contributed by atoms with van der Waals surface area (Å²) in [6.45, 7) is 2.18. The monoisotopic (exact) mass is 321 g/mol. The quantitative estimate of drug-likeness (QED) is 0.729. The van der Waals surface area contributed by atoms with Crippen LogP contribution in [-0.2, 0) is 19.4 Å². The van der Waals surface area contributed by atoms with E-state index < -0.39 is 0 Å². The van der Waals surface area contributed by atoms with Gasteiger partial charge in [0.2, 0.25) is 11.8 Å². The number of aryl methyl sites for hydroxylation is 2. The third-order valence-electron chi connectivity index (χ3n) is 4.26. The van der Waals surface area contributed by atoms with Gasteiger partial charge in [0.25, 0.3) is 0 Å². The fraction of sp³-hybridized carbons (Fsp3) is 0.316. The molecule has 0 unspecified atom stereocenters. The lowest BCUT2D eigenvalue weighted by molar-refractivity contribution is 0.253. The molecule has 1 aliphatic carbocycles. The SMILES string of the molecule is Cc1coc(COc2cc(-c3cccnc3)c3c(n2)CCCC3)n1. The molecular formula is C19H19N3O2. The molecule has 0 fully saturated rings. The molecule has 0 amide bonds. The number of fused-ring (bicyclic) bond motifs is 1. The summed E-state index contributed by atoms with van der Waals surface area (Å²) in [4.78, 5) is 13.2. The smallest absolute Gasteiger partial charge is 0.232 e. The van der Waals surface area contributed by atoms with Gasteiger partial charge in [0, 0.05) is 29.7 Å². The molecule has 1 aliphatic rings. The van der Waals surface area contributed by atoms with Gasteiger partial charge in [0.1, 0.15) is 6.26 Å². The van der Waals surface area contributed by atoms with Crippen LogP contribution in [0.2, 0.25) is 0 Å². The van der Waals surface area contributed by atoms with Crippen LogP contribution in [0.15, 0.2) is 41.3 Å². The molecule has 0 bridgehead atoms. The van der Waals surface area contributed by atoms with Crippen molar-refractivity contribution in [1.82, 2.24) is 15.0 Å². The number of hydrogen-bond acceptors (Lipinski definition) is 5. The van der Waals surface area contributed by atoms with E-state index in [0.717, 1.165) is 29.8 Å². The van der Waals surface area contributed by atoms with Crippen LogP contribution in [0.5, 0.6) is 5.88 Å². The Bertz CT molecular complexity index is 843. The molecule has 0 atom stereocenters. The van der Waals surface area contributed by atoms with Crippen molar-refractivity contribution in [3.63, 3.8) is 0 Å². The average molecular weight is 321 g/mol. The second-order valence-electron chi connectivity index (χ2n) is 6.05. The fourth-order valence-electron chi connectivity index (χ4n) is 3.14. The molecule has 5 nitrogen and oxygen atoms in total. The van der Waals surface area contributed by atoms with Crippen molar-refractivity contribution in [2.45, 2.75) is 39.2 Å². The first-order valence-electron chi connectivity index (χ1n) is 8.26. The summed E-state index contributed by atoms with van der Waals surface area (Å²) >= 11 is 0. The molecule has 3 aromatic heterocycles. The molecule has 24 heavy (non-hydrogen) atoms. The highest BCUT2D eigenvalue weighted by Crippen LogP contribution is 2.33. The molecule has 0 N–H and O–H groups in total. The van der Waals surface area contributed by atoms with Crippen molar-refractivity contribution in [1.29, 1.82) is 0 Å². The maximum atomic E-state index is 5.85. The summed E-state index contributed by atoms with van der Waals surface area (Å²) in [5, 5.41) is 0. The van der Waals surface area contributed by atoms with Gasteiger partial charge in [-0.25, -0.2) is 9.97 Å². The number of hydrogen-bond donors (Lipinski definition) is 0. The zero-order chi connectivity index (χ0) is 16.4. The second kappa shape index (κ2) is 6.43. The highest BCUT2D eigenvalue weighted by Gasteiger charge is 2.18. The van der Waals surface area contributed by atoms with E-state index in [2.05, 4.69) is 16.0 Å². The van der Waals surface area contributed by atoms with Gasteiger partial charge < -0.3 is 9.15 Å². The predicted molar refractivity (Wildman–Crippen MR) is 89.7 cm³/mol. The van der Waals surface area contributed by atoms with E-state index in [4.69, 9.17) is 14.1 Å². The number of oxazole rings is 1. The van der Waals surface area contributed by atoms with Crippen molar-refractivity contribution < 1.29 is 9.15 Å². The van der Waals surface area contributed by atoms with E-state index in [1.165, 1.54) is 24.0 Å². The van der Waals surface area contributed by atoms with Gasteiger partial charge in [-0.05, 0) is 49.8 Å². The summed E-state index contributed by atoms with van der Waals surface area (Å²) in [6, 6.07) is 6.05. The lowest BCUT2D eigenvalue weighted by Gasteiger charge is -2.20. The Morgan fingerprint density at radius 2 is 2.12 bits per heavy atom. The van der Waals surface area contributed by atoms with Gasteiger partial charge in [-0.15, -0.1) is 0 Å². The molecular weight excluding hydrogens is 302 g/mol. The van der Waals surface area contributed by atoms with Crippen molar-refractivity contribution >= 4 is 0 Å². The van der Waals surface area contributed by atoms with E-state index >= 15 is 0 Å². The number of rotatable bonds is 4. The standard InChI is InChI=1S/C19H19N3O2/c1-13-11-23-19(21-13)12-24-18-9-16(14-5-4-8-20-10-14)15-6-2-3-7-17(15)22-18/h4-5,8-11H,2-3,6-7,12H2,1H3. The third-order valence-corrected chi connectivity index (χ3v) is 4.26. The minimum atomic E-state index is 0.284. The largest absolute Gasteiger partial charge is 0.468 e. The van der Waals surface area contributed by atoms with Gasteiger partial charge >= 0.3 is 0 Å². The topological polar surface area (TPSA) is 61.0 Å². The zero-order valence-corrected chi connectivity index (χ0v) is 13.7. The van der Waals surface area contributed by atoms with Crippen LogP contribution in [0, 0.1) is 6.92 Å². The molecule has 5 heteroatoms. The molecule has 3 aromatic rings. The van der Waals surface area contributed by atoms with E-state index in [0.29, 0.717) is 11.8 Å². The van der Waals surface area contributed by atoms with Crippen molar-refractivity contribution in [2.75, 3.05) is 0 Å². The van der Waals surface area contributed by atoms with Crippen LogP contribution in [0.25, 0.3) is 11.1 Å². The van der Waals surface area contributed by atoms with Crippen LogP contribution in [0.3, 0.4) is 0 Å². The highest BCUT2D eigenvalue weighted by atomic mass is 16.5. The Hall–Kier alpha value is -2.69. The first-order valence-corrected chi connectivity index (χ1v) is 8.26. The molecule has 122 valence electrons. The highest BCUT2D eigenvalue weighted by molar-refractivity contribution is 5.68.